The zero-order valence-corrected chi connectivity index (χ0v) is 13.1. The smallest absolute Gasteiger partial charge is 0.433 e. The van der Waals surface area contributed by atoms with Crippen LogP contribution in [-0.2, 0) is 11.0 Å². The highest BCUT2D eigenvalue weighted by molar-refractivity contribution is 7.99. The standard InChI is InChI=1S/C14H12F3N3O3S/c1-23-9-4-2-8(3-5-9)18-12(22)7-24-13-19-10(14(15,16)17)6-11(21)20-13/h2-6H,7H2,1H3,(H,18,22)(H,19,20,21). The number of alkyl halides is 3. The third-order valence-corrected chi connectivity index (χ3v) is 3.60. The molecule has 128 valence electrons. The number of H-pyrrole nitrogens is 1. The number of carbonyl (C=O) groups is 1. The molecule has 0 atom stereocenters. The van der Waals surface area contributed by atoms with Crippen LogP contribution in [-0.4, -0.2) is 28.7 Å². The minimum atomic E-state index is -4.73. The van der Waals surface area contributed by atoms with E-state index in [1.165, 1.54) is 7.11 Å². The maximum Gasteiger partial charge on any atom is 0.433 e. The molecule has 0 aliphatic carbocycles. The van der Waals surface area contributed by atoms with Gasteiger partial charge in [0.05, 0.1) is 12.9 Å². The highest BCUT2D eigenvalue weighted by atomic mass is 32.2. The van der Waals surface area contributed by atoms with Gasteiger partial charge in [-0.1, -0.05) is 11.8 Å². The number of hydrogen-bond donors (Lipinski definition) is 2. The lowest BCUT2D eigenvalue weighted by Crippen LogP contribution is -2.18. The Labute approximate surface area is 138 Å². The Morgan fingerprint density at radius 1 is 1.33 bits per heavy atom. The van der Waals surface area contributed by atoms with Crippen molar-refractivity contribution in [1.29, 1.82) is 0 Å². The number of methoxy groups -OCH3 is 1. The van der Waals surface area contributed by atoms with E-state index in [-0.39, 0.29) is 10.9 Å². The number of thioether (sulfide) groups is 1. The van der Waals surface area contributed by atoms with E-state index in [1.807, 2.05) is 0 Å². The molecule has 1 aromatic carbocycles. The second-order valence-corrected chi connectivity index (χ2v) is 5.46. The molecule has 0 bridgehead atoms. The summed E-state index contributed by atoms with van der Waals surface area (Å²) in [5, 5.41) is 2.29. The van der Waals surface area contributed by atoms with Crippen LogP contribution in [0, 0.1) is 0 Å². The fraction of sp³-hybridized carbons (Fsp3) is 0.214. The summed E-state index contributed by atoms with van der Waals surface area (Å²) in [6, 6.07) is 6.89. The van der Waals surface area contributed by atoms with Gasteiger partial charge in [0, 0.05) is 11.8 Å². The van der Waals surface area contributed by atoms with Gasteiger partial charge in [-0.3, -0.25) is 9.59 Å². The van der Waals surface area contributed by atoms with Crippen LogP contribution in [0.2, 0.25) is 0 Å². The predicted molar refractivity (Wildman–Crippen MR) is 82.2 cm³/mol. The van der Waals surface area contributed by atoms with Gasteiger partial charge in [-0.05, 0) is 24.3 Å². The summed E-state index contributed by atoms with van der Waals surface area (Å²) in [5.74, 6) is -0.0469. The largest absolute Gasteiger partial charge is 0.497 e. The summed E-state index contributed by atoms with van der Waals surface area (Å²) in [7, 11) is 1.51. The first kappa shape index (κ1) is 17.9. The molecule has 0 saturated heterocycles. The zero-order chi connectivity index (χ0) is 17.7. The number of ether oxygens (including phenoxy) is 1. The SMILES string of the molecule is COc1ccc(NC(=O)CSc2nc(C(F)(F)F)cc(=O)[nH]2)cc1. The van der Waals surface area contributed by atoms with Gasteiger partial charge in [-0.2, -0.15) is 13.2 Å². The molecule has 0 spiro atoms. The highest BCUT2D eigenvalue weighted by Crippen LogP contribution is 2.27. The van der Waals surface area contributed by atoms with Crippen LogP contribution in [0.3, 0.4) is 0 Å². The van der Waals surface area contributed by atoms with Crippen molar-refractivity contribution in [3.63, 3.8) is 0 Å². The quantitative estimate of drug-likeness (QED) is 0.633. The van der Waals surface area contributed by atoms with Crippen LogP contribution in [0.1, 0.15) is 5.69 Å². The lowest BCUT2D eigenvalue weighted by molar-refractivity contribution is -0.141. The number of nitrogens with zero attached hydrogens (tertiary/aromatic N) is 1. The summed E-state index contributed by atoms with van der Waals surface area (Å²) < 4.78 is 42.7. The van der Waals surface area contributed by atoms with Crippen molar-refractivity contribution in [2.75, 3.05) is 18.2 Å². The molecular formula is C14H12F3N3O3S. The lowest BCUT2D eigenvalue weighted by atomic mass is 10.3. The Morgan fingerprint density at radius 3 is 2.58 bits per heavy atom. The molecule has 2 aromatic rings. The Bertz CT molecular complexity index is 775. The van der Waals surface area contributed by atoms with Crippen molar-refractivity contribution in [1.82, 2.24) is 9.97 Å². The van der Waals surface area contributed by atoms with E-state index in [0.29, 0.717) is 29.3 Å². The lowest BCUT2D eigenvalue weighted by Gasteiger charge is -2.08. The number of aromatic nitrogens is 2. The Balaban J connectivity index is 1.98. The molecule has 6 nitrogen and oxygen atoms in total. The summed E-state index contributed by atoms with van der Waals surface area (Å²) in [5.41, 5.74) is -1.73. The molecule has 24 heavy (non-hydrogen) atoms. The molecule has 1 aromatic heterocycles. The number of carbonyl (C=O) groups excluding carboxylic acids is 1. The predicted octanol–water partition coefficient (Wildman–Crippen LogP) is 2.53. The van der Waals surface area contributed by atoms with Crippen LogP contribution >= 0.6 is 11.8 Å². The molecule has 0 unspecified atom stereocenters. The van der Waals surface area contributed by atoms with Gasteiger partial charge in [0.25, 0.3) is 5.56 Å². The first-order valence-electron chi connectivity index (χ1n) is 6.53. The van der Waals surface area contributed by atoms with Gasteiger partial charge in [-0.25, -0.2) is 4.98 Å². The van der Waals surface area contributed by atoms with Crippen molar-refractivity contribution in [3.8, 4) is 5.75 Å². The maximum atomic E-state index is 12.6. The number of amides is 1. The third kappa shape index (κ3) is 5.01. The van der Waals surface area contributed by atoms with Crippen molar-refractivity contribution in [2.24, 2.45) is 0 Å². The molecular weight excluding hydrogens is 347 g/mol. The van der Waals surface area contributed by atoms with Gasteiger partial charge in [0.1, 0.15) is 5.75 Å². The Kier molecular flexibility index (Phi) is 5.50. The van der Waals surface area contributed by atoms with E-state index in [1.54, 1.807) is 24.3 Å². The van der Waals surface area contributed by atoms with Crippen LogP contribution in [0.4, 0.5) is 18.9 Å². The van der Waals surface area contributed by atoms with Crippen LogP contribution in [0.25, 0.3) is 0 Å². The number of anilines is 1. The molecule has 0 saturated carbocycles. The van der Waals surface area contributed by atoms with Gasteiger partial charge in [0.2, 0.25) is 5.91 Å². The second-order valence-electron chi connectivity index (χ2n) is 4.50. The maximum absolute atomic E-state index is 12.6. The summed E-state index contributed by atoms with van der Waals surface area (Å²) in [6.45, 7) is 0. The molecule has 0 aliphatic heterocycles. The van der Waals surface area contributed by atoms with Gasteiger partial charge in [-0.15, -0.1) is 0 Å². The average Bonchev–Trinajstić information content (AvgIpc) is 2.52. The number of rotatable bonds is 5. The molecule has 2 N–H and O–H groups in total. The number of nitrogens with one attached hydrogen (secondary N) is 2. The number of benzene rings is 1. The fourth-order valence-corrected chi connectivity index (χ4v) is 2.33. The molecule has 0 radical (unpaired) electrons. The van der Waals surface area contributed by atoms with Crippen LogP contribution < -0.4 is 15.6 Å². The Morgan fingerprint density at radius 2 is 2.00 bits per heavy atom. The van der Waals surface area contributed by atoms with Crippen molar-refractivity contribution < 1.29 is 22.7 Å². The molecule has 1 heterocycles. The first-order chi connectivity index (χ1) is 11.3. The molecule has 10 heteroatoms. The van der Waals surface area contributed by atoms with Crippen molar-refractivity contribution >= 4 is 23.4 Å². The molecule has 1 amide bonds. The summed E-state index contributed by atoms with van der Waals surface area (Å²) >= 11 is 0.696. The van der Waals surface area contributed by atoms with E-state index in [0.717, 1.165) is 0 Å². The topological polar surface area (TPSA) is 84.1 Å². The van der Waals surface area contributed by atoms with Crippen molar-refractivity contribution in [2.45, 2.75) is 11.3 Å². The van der Waals surface area contributed by atoms with Gasteiger partial charge < -0.3 is 15.0 Å². The summed E-state index contributed by atoms with van der Waals surface area (Å²) in [4.78, 5) is 28.5. The van der Waals surface area contributed by atoms with E-state index in [9.17, 15) is 22.8 Å². The van der Waals surface area contributed by atoms with Gasteiger partial charge >= 0.3 is 6.18 Å². The number of aromatic amines is 1. The van der Waals surface area contributed by atoms with Gasteiger partial charge in [0.15, 0.2) is 10.9 Å². The molecule has 0 aliphatic rings. The van der Waals surface area contributed by atoms with E-state index < -0.39 is 23.3 Å². The van der Waals surface area contributed by atoms with Crippen molar-refractivity contribution in [3.05, 3.63) is 46.4 Å². The fourth-order valence-electron chi connectivity index (χ4n) is 1.65. The third-order valence-electron chi connectivity index (χ3n) is 2.72. The minimum absolute atomic E-state index is 0.212. The highest BCUT2D eigenvalue weighted by Gasteiger charge is 2.33. The van der Waals surface area contributed by atoms with E-state index >= 15 is 0 Å². The molecule has 0 fully saturated rings. The second kappa shape index (κ2) is 7.39. The van der Waals surface area contributed by atoms with Crippen LogP contribution in [0.15, 0.2) is 40.3 Å². The zero-order valence-electron chi connectivity index (χ0n) is 12.3. The first-order valence-corrected chi connectivity index (χ1v) is 7.52. The molecule has 2 rings (SSSR count). The average molecular weight is 359 g/mol. The normalized spacial score (nSPS) is 11.2. The number of hydrogen-bond acceptors (Lipinski definition) is 5. The van der Waals surface area contributed by atoms with Crippen LogP contribution in [0.5, 0.6) is 5.75 Å². The van der Waals surface area contributed by atoms with E-state index in [2.05, 4.69) is 15.3 Å². The minimum Gasteiger partial charge on any atom is -0.497 e. The van der Waals surface area contributed by atoms with E-state index in [4.69, 9.17) is 4.74 Å². The monoisotopic (exact) mass is 359 g/mol. The summed E-state index contributed by atoms with van der Waals surface area (Å²) in [6.07, 6.45) is -4.73. The number of halogens is 3. The Hall–Kier alpha value is -2.49.